The van der Waals surface area contributed by atoms with E-state index >= 15 is 0 Å². The number of rotatable bonds is 5. The number of aliphatic hydroxyl groups is 1. The average molecular weight is 228 g/mol. The van der Waals surface area contributed by atoms with Crippen molar-refractivity contribution in [2.24, 2.45) is 5.41 Å². The second-order valence-corrected chi connectivity index (χ2v) is 4.75. The molecule has 1 saturated carbocycles. The van der Waals surface area contributed by atoms with E-state index in [-0.39, 0.29) is 24.0 Å². The van der Waals surface area contributed by atoms with E-state index in [1.165, 1.54) is 0 Å². The number of aliphatic hydroxyl groups excluding tert-OH is 1. The Hall–Kier alpha value is -0.650. The Labute approximate surface area is 95.5 Å². The largest absolute Gasteiger partial charge is 0.396 e. The van der Waals surface area contributed by atoms with Crippen LogP contribution in [-0.4, -0.2) is 50.0 Å². The SMILES string of the molecule is O=C(NCC1(CCO)CC1)C1CNCCO1. The first-order valence-electron chi connectivity index (χ1n) is 5.97. The van der Waals surface area contributed by atoms with Crippen molar-refractivity contribution >= 4 is 5.91 Å². The molecule has 2 fully saturated rings. The maximum absolute atomic E-state index is 11.7. The van der Waals surface area contributed by atoms with Gasteiger partial charge in [0.25, 0.3) is 0 Å². The van der Waals surface area contributed by atoms with Crippen LogP contribution in [-0.2, 0) is 9.53 Å². The molecule has 16 heavy (non-hydrogen) atoms. The lowest BCUT2D eigenvalue weighted by Crippen LogP contribution is -2.48. The van der Waals surface area contributed by atoms with E-state index in [2.05, 4.69) is 10.6 Å². The summed E-state index contributed by atoms with van der Waals surface area (Å²) in [5.41, 5.74) is 0.173. The van der Waals surface area contributed by atoms with Gasteiger partial charge >= 0.3 is 0 Å². The van der Waals surface area contributed by atoms with E-state index in [9.17, 15) is 4.79 Å². The predicted octanol–water partition coefficient (Wildman–Crippen LogP) is -0.746. The molecule has 5 nitrogen and oxygen atoms in total. The topological polar surface area (TPSA) is 70.6 Å². The number of hydrogen-bond acceptors (Lipinski definition) is 4. The van der Waals surface area contributed by atoms with Crippen LogP contribution in [0.3, 0.4) is 0 Å². The van der Waals surface area contributed by atoms with Crippen molar-refractivity contribution in [1.29, 1.82) is 0 Å². The number of amides is 1. The lowest BCUT2D eigenvalue weighted by molar-refractivity contribution is -0.134. The molecule has 92 valence electrons. The van der Waals surface area contributed by atoms with E-state index in [0.29, 0.717) is 19.7 Å². The number of nitrogens with one attached hydrogen (secondary N) is 2. The molecule has 2 aliphatic rings. The van der Waals surface area contributed by atoms with Gasteiger partial charge in [0, 0.05) is 26.2 Å². The normalized spacial score (nSPS) is 27.4. The molecule has 0 radical (unpaired) electrons. The first kappa shape index (κ1) is 11.8. The van der Waals surface area contributed by atoms with Crippen LogP contribution < -0.4 is 10.6 Å². The standard InChI is InChI=1S/C11H20N2O3/c14-5-3-11(1-2-11)8-13-10(15)9-7-12-4-6-16-9/h9,12,14H,1-8H2,(H,13,15). The Balaban J connectivity index is 1.70. The molecule has 1 aliphatic heterocycles. The minimum atomic E-state index is -0.348. The van der Waals surface area contributed by atoms with Gasteiger partial charge < -0.3 is 20.5 Å². The Kier molecular flexibility index (Phi) is 3.78. The van der Waals surface area contributed by atoms with Crippen LogP contribution in [0.15, 0.2) is 0 Å². The van der Waals surface area contributed by atoms with Crippen molar-refractivity contribution in [2.45, 2.75) is 25.4 Å². The van der Waals surface area contributed by atoms with Crippen molar-refractivity contribution in [2.75, 3.05) is 32.8 Å². The maximum Gasteiger partial charge on any atom is 0.250 e. The molecule has 0 aromatic carbocycles. The Morgan fingerprint density at radius 1 is 1.56 bits per heavy atom. The molecular weight excluding hydrogens is 208 g/mol. The van der Waals surface area contributed by atoms with Gasteiger partial charge in [0.1, 0.15) is 6.10 Å². The second kappa shape index (κ2) is 5.12. The molecule has 2 rings (SSSR count). The van der Waals surface area contributed by atoms with Crippen molar-refractivity contribution in [3.63, 3.8) is 0 Å². The summed E-state index contributed by atoms with van der Waals surface area (Å²) in [6.07, 6.45) is 2.66. The van der Waals surface area contributed by atoms with Crippen LogP contribution in [0.25, 0.3) is 0 Å². The van der Waals surface area contributed by atoms with Gasteiger partial charge in [-0.05, 0) is 24.7 Å². The van der Waals surface area contributed by atoms with Gasteiger partial charge in [-0.25, -0.2) is 0 Å². The van der Waals surface area contributed by atoms with Crippen LogP contribution in [0.1, 0.15) is 19.3 Å². The molecule has 5 heteroatoms. The Morgan fingerprint density at radius 3 is 2.94 bits per heavy atom. The number of carbonyl (C=O) groups excluding carboxylic acids is 1. The maximum atomic E-state index is 11.7. The predicted molar refractivity (Wildman–Crippen MR) is 59.0 cm³/mol. The lowest BCUT2D eigenvalue weighted by atomic mass is 10.0. The molecule has 1 unspecified atom stereocenters. The van der Waals surface area contributed by atoms with Crippen molar-refractivity contribution in [1.82, 2.24) is 10.6 Å². The fraction of sp³-hybridized carbons (Fsp3) is 0.909. The third-order valence-electron chi connectivity index (χ3n) is 3.46. The fourth-order valence-electron chi connectivity index (χ4n) is 2.05. The molecular formula is C11H20N2O3. The van der Waals surface area contributed by atoms with Crippen LogP contribution in [0, 0.1) is 5.41 Å². The van der Waals surface area contributed by atoms with Gasteiger partial charge in [-0.3, -0.25) is 4.79 Å². The molecule has 1 aliphatic carbocycles. The van der Waals surface area contributed by atoms with Crippen molar-refractivity contribution in [3.05, 3.63) is 0 Å². The van der Waals surface area contributed by atoms with Gasteiger partial charge in [0.05, 0.1) is 6.61 Å². The first-order chi connectivity index (χ1) is 7.76. The molecule has 3 N–H and O–H groups in total. The zero-order valence-corrected chi connectivity index (χ0v) is 9.50. The second-order valence-electron chi connectivity index (χ2n) is 4.75. The van der Waals surface area contributed by atoms with Gasteiger partial charge in [0.15, 0.2) is 0 Å². The summed E-state index contributed by atoms with van der Waals surface area (Å²) in [5, 5.41) is 15.0. The average Bonchev–Trinajstić information content (AvgIpc) is 3.08. The highest BCUT2D eigenvalue weighted by Crippen LogP contribution is 2.47. The van der Waals surface area contributed by atoms with Crippen molar-refractivity contribution in [3.8, 4) is 0 Å². The van der Waals surface area contributed by atoms with Gasteiger partial charge in [-0.15, -0.1) is 0 Å². The summed E-state index contributed by atoms with van der Waals surface area (Å²) >= 11 is 0. The molecule has 0 aromatic heterocycles. The number of morpholine rings is 1. The third-order valence-corrected chi connectivity index (χ3v) is 3.46. The number of hydrogen-bond donors (Lipinski definition) is 3. The summed E-state index contributed by atoms with van der Waals surface area (Å²) in [6.45, 7) is 2.89. The number of ether oxygens (including phenoxy) is 1. The zero-order chi connectivity index (χ0) is 11.4. The van der Waals surface area contributed by atoms with E-state index in [1.54, 1.807) is 0 Å². The highest BCUT2D eigenvalue weighted by Gasteiger charge is 2.42. The highest BCUT2D eigenvalue weighted by atomic mass is 16.5. The smallest absolute Gasteiger partial charge is 0.250 e. The summed E-state index contributed by atoms with van der Waals surface area (Å²) in [7, 11) is 0. The summed E-state index contributed by atoms with van der Waals surface area (Å²) in [4.78, 5) is 11.7. The Morgan fingerprint density at radius 2 is 2.38 bits per heavy atom. The van der Waals surface area contributed by atoms with Gasteiger partial charge in [0.2, 0.25) is 5.91 Å². The van der Waals surface area contributed by atoms with Crippen LogP contribution in [0.4, 0.5) is 0 Å². The Bertz CT molecular complexity index is 248. The summed E-state index contributed by atoms with van der Waals surface area (Å²) in [6, 6.07) is 0. The van der Waals surface area contributed by atoms with Gasteiger partial charge in [-0.1, -0.05) is 0 Å². The number of carbonyl (C=O) groups is 1. The molecule has 1 amide bonds. The minimum Gasteiger partial charge on any atom is -0.396 e. The third kappa shape index (κ3) is 2.93. The first-order valence-corrected chi connectivity index (χ1v) is 5.97. The quantitative estimate of drug-likeness (QED) is 0.579. The zero-order valence-electron chi connectivity index (χ0n) is 9.50. The van der Waals surface area contributed by atoms with Gasteiger partial charge in [-0.2, -0.15) is 0 Å². The highest BCUT2D eigenvalue weighted by molar-refractivity contribution is 5.81. The summed E-state index contributed by atoms with van der Waals surface area (Å²) < 4.78 is 5.36. The molecule has 0 spiro atoms. The van der Waals surface area contributed by atoms with E-state index in [0.717, 1.165) is 25.8 Å². The lowest BCUT2D eigenvalue weighted by Gasteiger charge is -2.24. The molecule has 0 bridgehead atoms. The van der Waals surface area contributed by atoms with Crippen LogP contribution in [0.5, 0.6) is 0 Å². The van der Waals surface area contributed by atoms with E-state index in [4.69, 9.17) is 9.84 Å². The monoisotopic (exact) mass is 228 g/mol. The van der Waals surface area contributed by atoms with Crippen LogP contribution in [0.2, 0.25) is 0 Å². The van der Waals surface area contributed by atoms with E-state index in [1.807, 2.05) is 0 Å². The summed E-state index contributed by atoms with van der Waals surface area (Å²) in [5.74, 6) is -0.0311. The molecule has 1 atom stereocenters. The molecule has 0 aromatic rings. The van der Waals surface area contributed by atoms with E-state index < -0.39 is 0 Å². The fourth-order valence-corrected chi connectivity index (χ4v) is 2.05. The van der Waals surface area contributed by atoms with Crippen molar-refractivity contribution < 1.29 is 14.6 Å². The van der Waals surface area contributed by atoms with Crippen LogP contribution >= 0.6 is 0 Å². The molecule has 1 heterocycles. The minimum absolute atomic E-state index is 0.0311. The molecule has 1 saturated heterocycles.